The lowest BCUT2D eigenvalue weighted by molar-refractivity contribution is 0.271. The summed E-state index contributed by atoms with van der Waals surface area (Å²) in [5.41, 5.74) is 1.18. The van der Waals surface area contributed by atoms with Gasteiger partial charge in [-0.25, -0.2) is 4.99 Å². The van der Waals surface area contributed by atoms with Gasteiger partial charge in [0, 0.05) is 13.1 Å². The number of nitrogens with zero attached hydrogens (tertiary/aromatic N) is 1. The highest BCUT2D eigenvalue weighted by atomic mass is 16.5. The lowest BCUT2D eigenvalue weighted by Crippen LogP contribution is -2.37. The van der Waals surface area contributed by atoms with Crippen molar-refractivity contribution in [1.82, 2.24) is 10.6 Å². The van der Waals surface area contributed by atoms with Crippen molar-refractivity contribution in [1.29, 1.82) is 0 Å². The van der Waals surface area contributed by atoms with Crippen molar-refractivity contribution in [3.05, 3.63) is 29.8 Å². The fraction of sp³-hybridized carbons (Fsp3) is 0.588. The van der Waals surface area contributed by atoms with Crippen molar-refractivity contribution in [3.8, 4) is 5.75 Å². The maximum absolute atomic E-state index is 5.68. The highest BCUT2D eigenvalue weighted by molar-refractivity contribution is 5.79. The molecule has 4 nitrogen and oxygen atoms in total. The maximum atomic E-state index is 5.68. The summed E-state index contributed by atoms with van der Waals surface area (Å²) in [5, 5.41) is 6.54. The minimum absolute atomic E-state index is 0.543. The molecular formula is C17H29N3O. The third kappa shape index (κ3) is 7.59. The first-order valence-corrected chi connectivity index (χ1v) is 7.89. The van der Waals surface area contributed by atoms with Crippen LogP contribution in [-0.2, 0) is 6.54 Å². The molecule has 1 rings (SSSR count). The molecule has 0 fully saturated rings. The van der Waals surface area contributed by atoms with Gasteiger partial charge in [0.15, 0.2) is 5.96 Å². The molecule has 0 aliphatic rings. The van der Waals surface area contributed by atoms with Gasteiger partial charge in [-0.2, -0.15) is 0 Å². The first kappa shape index (κ1) is 17.3. The van der Waals surface area contributed by atoms with E-state index in [4.69, 9.17) is 4.74 Å². The summed E-state index contributed by atoms with van der Waals surface area (Å²) in [6.45, 7) is 11.7. The van der Waals surface area contributed by atoms with E-state index in [0.29, 0.717) is 12.5 Å². The lowest BCUT2D eigenvalue weighted by Gasteiger charge is -2.11. The highest BCUT2D eigenvalue weighted by Crippen LogP contribution is 2.13. The molecule has 0 atom stereocenters. The van der Waals surface area contributed by atoms with Crippen LogP contribution in [0.4, 0.5) is 0 Å². The Bertz CT molecular complexity index is 413. The van der Waals surface area contributed by atoms with Crippen molar-refractivity contribution in [2.75, 3.05) is 19.7 Å². The van der Waals surface area contributed by atoms with Crippen LogP contribution in [0.1, 0.15) is 39.7 Å². The average Bonchev–Trinajstić information content (AvgIpc) is 2.49. The van der Waals surface area contributed by atoms with E-state index >= 15 is 0 Å². The number of nitrogens with one attached hydrogen (secondary N) is 2. The molecular weight excluding hydrogens is 262 g/mol. The van der Waals surface area contributed by atoms with E-state index in [0.717, 1.165) is 37.8 Å². The van der Waals surface area contributed by atoms with Gasteiger partial charge in [0.05, 0.1) is 13.2 Å². The fourth-order valence-corrected chi connectivity index (χ4v) is 1.71. The minimum atomic E-state index is 0.543. The zero-order valence-corrected chi connectivity index (χ0v) is 13.8. The highest BCUT2D eigenvalue weighted by Gasteiger charge is 1.99. The predicted molar refractivity (Wildman–Crippen MR) is 89.9 cm³/mol. The van der Waals surface area contributed by atoms with Gasteiger partial charge in [-0.15, -0.1) is 0 Å². The van der Waals surface area contributed by atoms with Crippen LogP contribution >= 0.6 is 0 Å². The monoisotopic (exact) mass is 291 g/mol. The van der Waals surface area contributed by atoms with Crippen molar-refractivity contribution >= 4 is 5.96 Å². The summed E-state index contributed by atoms with van der Waals surface area (Å²) >= 11 is 0. The summed E-state index contributed by atoms with van der Waals surface area (Å²) < 4.78 is 5.68. The molecule has 1 aromatic rings. The quantitative estimate of drug-likeness (QED) is 0.571. The molecule has 0 spiro atoms. The summed E-state index contributed by atoms with van der Waals surface area (Å²) in [4.78, 5) is 4.58. The molecule has 0 bridgehead atoms. The molecule has 0 saturated carbocycles. The predicted octanol–water partition coefficient (Wildman–Crippen LogP) is 3.19. The number of ether oxygens (including phenoxy) is 1. The van der Waals surface area contributed by atoms with Gasteiger partial charge in [-0.1, -0.05) is 32.9 Å². The van der Waals surface area contributed by atoms with Crippen molar-refractivity contribution in [2.45, 2.75) is 40.7 Å². The molecule has 0 radical (unpaired) electrons. The van der Waals surface area contributed by atoms with E-state index < -0.39 is 0 Å². The van der Waals surface area contributed by atoms with Gasteiger partial charge < -0.3 is 15.4 Å². The van der Waals surface area contributed by atoms with Gasteiger partial charge >= 0.3 is 0 Å². The first-order valence-electron chi connectivity index (χ1n) is 7.89. The third-order valence-corrected chi connectivity index (χ3v) is 2.81. The number of guanidine groups is 1. The zero-order chi connectivity index (χ0) is 15.5. The standard InChI is InChI=1S/C17H29N3O/c1-5-11-19-17(18-6-2)20-12-15-7-9-16(10-8-15)21-13-14(3)4/h7-10,14H,5-6,11-13H2,1-4H3,(H2,18,19,20). The molecule has 4 heteroatoms. The molecule has 118 valence electrons. The zero-order valence-electron chi connectivity index (χ0n) is 13.8. The van der Waals surface area contributed by atoms with Crippen LogP contribution in [0, 0.1) is 5.92 Å². The Morgan fingerprint density at radius 3 is 2.43 bits per heavy atom. The van der Waals surface area contributed by atoms with Gasteiger partial charge in [0.1, 0.15) is 5.75 Å². The topological polar surface area (TPSA) is 45.7 Å². The molecule has 0 aromatic heterocycles. The third-order valence-electron chi connectivity index (χ3n) is 2.81. The van der Waals surface area contributed by atoms with Crippen molar-refractivity contribution < 1.29 is 4.74 Å². The molecule has 21 heavy (non-hydrogen) atoms. The summed E-state index contributed by atoms with van der Waals surface area (Å²) in [6.07, 6.45) is 1.09. The van der Waals surface area contributed by atoms with Crippen LogP contribution in [0.15, 0.2) is 29.3 Å². The van der Waals surface area contributed by atoms with E-state index in [1.807, 2.05) is 12.1 Å². The largest absolute Gasteiger partial charge is 0.493 e. The Kier molecular flexibility index (Phi) is 8.32. The lowest BCUT2D eigenvalue weighted by atomic mass is 10.2. The van der Waals surface area contributed by atoms with E-state index in [1.54, 1.807) is 0 Å². The van der Waals surface area contributed by atoms with Crippen LogP contribution in [0.2, 0.25) is 0 Å². The van der Waals surface area contributed by atoms with Crippen molar-refractivity contribution in [3.63, 3.8) is 0 Å². The molecule has 0 aliphatic carbocycles. The minimum Gasteiger partial charge on any atom is -0.493 e. The van der Waals surface area contributed by atoms with E-state index in [1.165, 1.54) is 5.56 Å². The number of hydrogen-bond acceptors (Lipinski definition) is 2. The number of rotatable bonds is 8. The molecule has 0 amide bonds. The number of benzene rings is 1. The maximum Gasteiger partial charge on any atom is 0.191 e. The Balaban J connectivity index is 2.52. The number of aliphatic imine (C=N–C) groups is 1. The van der Waals surface area contributed by atoms with Crippen LogP contribution in [0.5, 0.6) is 5.75 Å². The SMILES string of the molecule is CCCNC(=NCc1ccc(OCC(C)C)cc1)NCC. The van der Waals surface area contributed by atoms with Gasteiger partial charge in [0.2, 0.25) is 0 Å². The van der Waals surface area contributed by atoms with Crippen LogP contribution in [0.3, 0.4) is 0 Å². The van der Waals surface area contributed by atoms with Gasteiger partial charge in [0.25, 0.3) is 0 Å². The van der Waals surface area contributed by atoms with Crippen LogP contribution < -0.4 is 15.4 Å². The summed E-state index contributed by atoms with van der Waals surface area (Å²) in [5.74, 6) is 2.34. The molecule has 1 aromatic carbocycles. The average molecular weight is 291 g/mol. The Hall–Kier alpha value is -1.71. The second kappa shape index (κ2) is 10.1. The van der Waals surface area contributed by atoms with Crippen LogP contribution in [0.25, 0.3) is 0 Å². The second-order valence-corrected chi connectivity index (χ2v) is 5.47. The summed E-state index contributed by atoms with van der Waals surface area (Å²) in [6, 6.07) is 8.17. The molecule has 0 unspecified atom stereocenters. The second-order valence-electron chi connectivity index (χ2n) is 5.47. The van der Waals surface area contributed by atoms with Crippen LogP contribution in [-0.4, -0.2) is 25.7 Å². The molecule has 0 saturated heterocycles. The Labute approximate surface area is 129 Å². The Morgan fingerprint density at radius 2 is 1.86 bits per heavy atom. The van der Waals surface area contributed by atoms with Crippen molar-refractivity contribution in [2.24, 2.45) is 10.9 Å². The van der Waals surface area contributed by atoms with Gasteiger partial charge in [-0.3, -0.25) is 0 Å². The fourth-order valence-electron chi connectivity index (χ4n) is 1.71. The smallest absolute Gasteiger partial charge is 0.191 e. The molecule has 2 N–H and O–H groups in total. The first-order chi connectivity index (χ1) is 10.2. The number of hydrogen-bond donors (Lipinski definition) is 2. The van der Waals surface area contributed by atoms with E-state index in [9.17, 15) is 0 Å². The normalized spacial score (nSPS) is 11.6. The van der Waals surface area contributed by atoms with Gasteiger partial charge in [-0.05, 0) is 37.0 Å². The molecule has 0 aliphatic heterocycles. The molecule has 0 heterocycles. The summed E-state index contributed by atoms with van der Waals surface area (Å²) in [7, 11) is 0. The Morgan fingerprint density at radius 1 is 1.14 bits per heavy atom. The van der Waals surface area contributed by atoms with E-state index in [2.05, 4.69) is 55.5 Å². The van der Waals surface area contributed by atoms with E-state index in [-0.39, 0.29) is 0 Å².